The lowest BCUT2D eigenvalue weighted by molar-refractivity contribution is 0.199. The van der Waals surface area contributed by atoms with E-state index in [0.29, 0.717) is 6.54 Å². The standard InChI is InChI=1S/C15H25FN2S/c1-4-18(12-15(2,3)11-17)9-10-19-14-7-5-13(16)6-8-14/h5-8H,4,9-12,17H2,1-3H3. The summed E-state index contributed by atoms with van der Waals surface area (Å²) in [6.45, 7) is 10.4. The first-order valence-electron chi connectivity index (χ1n) is 6.77. The van der Waals surface area contributed by atoms with Crippen LogP contribution in [0.1, 0.15) is 20.8 Å². The number of benzene rings is 1. The van der Waals surface area contributed by atoms with Gasteiger partial charge in [-0.2, -0.15) is 0 Å². The first-order valence-corrected chi connectivity index (χ1v) is 7.76. The minimum Gasteiger partial charge on any atom is -0.330 e. The van der Waals surface area contributed by atoms with Crippen molar-refractivity contribution in [3.63, 3.8) is 0 Å². The molecule has 0 unspecified atom stereocenters. The highest BCUT2D eigenvalue weighted by Crippen LogP contribution is 2.19. The Morgan fingerprint density at radius 2 is 1.89 bits per heavy atom. The minimum absolute atomic E-state index is 0.163. The maximum atomic E-state index is 12.8. The first kappa shape index (κ1) is 16.5. The van der Waals surface area contributed by atoms with Crippen LogP contribution in [-0.4, -0.2) is 36.8 Å². The summed E-state index contributed by atoms with van der Waals surface area (Å²) in [5, 5.41) is 0. The SMILES string of the molecule is CCN(CCSc1ccc(F)cc1)CC(C)(C)CN. The summed E-state index contributed by atoms with van der Waals surface area (Å²) < 4.78 is 12.8. The Bertz CT molecular complexity index is 365. The molecule has 2 nitrogen and oxygen atoms in total. The van der Waals surface area contributed by atoms with E-state index in [-0.39, 0.29) is 11.2 Å². The van der Waals surface area contributed by atoms with Crippen molar-refractivity contribution in [2.75, 3.05) is 31.9 Å². The predicted octanol–water partition coefficient (Wildman–Crippen LogP) is 3.22. The third kappa shape index (κ3) is 6.41. The van der Waals surface area contributed by atoms with Crippen molar-refractivity contribution in [2.24, 2.45) is 11.1 Å². The number of halogens is 1. The molecule has 0 aliphatic carbocycles. The number of nitrogens with zero attached hydrogens (tertiary/aromatic N) is 1. The second kappa shape index (κ2) is 7.88. The van der Waals surface area contributed by atoms with Gasteiger partial charge in [-0.05, 0) is 42.8 Å². The van der Waals surface area contributed by atoms with E-state index in [1.165, 1.54) is 12.1 Å². The van der Waals surface area contributed by atoms with Crippen molar-refractivity contribution >= 4 is 11.8 Å². The molecule has 1 rings (SSSR count). The van der Waals surface area contributed by atoms with Crippen LogP contribution in [0.2, 0.25) is 0 Å². The molecule has 2 N–H and O–H groups in total. The van der Waals surface area contributed by atoms with Gasteiger partial charge in [0.05, 0.1) is 0 Å². The van der Waals surface area contributed by atoms with E-state index in [9.17, 15) is 4.39 Å². The van der Waals surface area contributed by atoms with Gasteiger partial charge in [-0.25, -0.2) is 4.39 Å². The lowest BCUT2D eigenvalue weighted by atomic mass is 9.93. The average molecular weight is 284 g/mol. The molecular formula is C15H25FN2S. The smallest absolute Gasteiger partial charge is 0.123 e. The molecule has 0 saturated carbocycles. The van der Waals surface area contributed by atoms with Crippen molar-refractivity contribution in [2.45, 2.75) is 25.7 Å². The van der Waals surface area contributed by atoms with Crippen LogP contribution in [0.3, 0.4) is 0 Å². The number of thioether (sulfide) groups is 1. The summed E-state index contributed by atoms with van der Waals surface area (Å²) in [4.78, 5) is 3.54. The second-order valence-corrected chi connectivity index (χ2v) is 6.71. The molecule has 0 heterocycles. The van der Waals surface area contributed by atoms with Gasteiger partial charge in [-0.1, -0.05) is 20.8 Å². The van der Waals surface area contributed by atoms with Crippen LogP contribution in [0.15, 0.2) is 29.2 Å². The third-order valence-electron chi connectivity index (χ3n) is 3.14. The lowest BCUT2D eigenvalue weighted by Crippen LogP contribution is -2.39. The van der Waals surface area contributed by atoms with Gasteiger partial charge >= 0.3 is 0 Å². The molecule has 0 saturated heterocycles. The van der Waals surface area contributed by atoms with Crippen LogP contribution in [0.4, 0.5) is 4.39 Å². The first-order chi connectivity index (χ1) is 8.96. The number of nitrogens with two attached hydrogens (primary N) is 1. The number of hydrogen-bond donors (Lipinski definition) is 1. The molecular weight excluding hydrogens is 259 g/mol. The maximum absolute atomic E-state index is 12.8. The van der Waals surface area contributed by atoms with Crippen LogP contribution >= 0.6 is 11.8 Å². The third-order valence-corrected chi connectivity index (χ3v) is 4.13. The molecule has 0 bridgehead atoms. The molecule has 108 valence electrons. The zero-order valence-corrected chi connectivity index (χ0v) is 13.0. The molecule has 0 aromatic heterocycles. The van der Waals surface area contributed by atoms with Crippen molar-refractivity contribution in [3.8, 4) is 0 Å². The fraction of sp³-hybridized carbons (Fsp3) is 0.600. The van der Waals surface area contributed by atoms with Gasteiger partial charge in [-0.3, -0.25) is 0 Å². The van der Waals surface area contributed by atoms with Crippen LogP contribution in [0, 0.1) is 11.2 Å². The quantitative estimate of drug-likeness (QED) is 0.743. The van der Waals surface area contributed by atoms with Crippen molar-refractivity contribution < 1.29 is 4.39 Å². The number of rotatable bonds is 8. The molecule has 0 atom stereocenters. The summed E-state index contributed by atoms with van der Waals surface area (Å²) in [6.07, 6.45) is 0. The predicted molar refractivity (Wildman–Crippen MR) is 82.1 cm³/mol. The van der Waals surface area contributed by atoms with Gasteiger partial charge in [0.2, 0.25) is 0 Å². The molecule has 1 aromatic carbocycles. The number of hydrogen-bond acceptors (Lipinski definition) is 3. The zero-order chi connectivity index (χ0) is 14.3. The summed E-state index contributed by atoms with van der Waals surface area (Å²) >= 11 is 1.77. The fourth-order valence-electron chi connectivity index (χ4n) is 1.84. The molecule has 0 radical (unpaired) electrons. The summed E-state index contributed by atoms with van der Waals surface area (Å²) in [7, 11) is 0. The highest BCUT2D eigenvalue weighted by atomic mass is 32.2. The Labute approximate surface area is 120 Å². The van der Waals surface area contributed by atoms with Gasteiger partial charge in [0.1, 0.15) is 5.82 Å². The van der Waals surface area contributed by atoms with Crippen molar-refractivity contribution in [3.05, 3.63) is 30.1 Å². The molecule has 0 aliphatic heterocycles. The van der Waals surface area contributed by atoms with E-state index in [1.54, 1.807) is 11.8 Å². The largest absolute Gasteiger partial charge is 0.330 e. The molecule has 0 spiro atoms. The van der Waals surface area contributed by atoms with Gasteiger partial charge in [0.25, 0.3) is 0 Å². The Kier molecular flexibility index (Phi) is 6.83. The minimum atomic E-state index is -0.177. The second-order valence-electron chi connectivity index (χ2n) is 5.54. The van der Waals surface area contributed by atoms with E-state index >= 15 is 0 Å². The van der Waals surface area contributed by atoms with E-state index in [1.807, 2.05) is 12.1 Å². The molecule has 1 aromatic rings. The fourth-order valence-corrected chi connectivity index (χ4v) is 2.76. The molecule has 0 amide bonds. The topological polar surface area (TPSA) is 29.3 Å². The molecule has 0 fully saturated rings. The molecule has 19 heavy (non-hydrogen) atoms. The van der Waals surface area contributed by atoms with E-state index in [0.717, 1.165) is 30.3 Å². The van der Waals surface area contributed by atoms with Crippen LogP contribution < -0.4 is 5.73 Å². The Morgan fingerprint density at radius 3 is 2.42 bits per heavy atom. The van der Waals surface area contributed by atoms with Gasteiger partial charge < -0.3 is 10.6 Å². The summed E-state index contributed by atoms with van der Waals surface area (Å²) in [5.74, 6) is 0.837. The summed E-state index contributed by atoms with van der Waals surface area (Å²) in [6, 6.07) is 6.69. The Morgan fingerprint density at radius 1 is 1.26 bits per heavy atom. The summed E-state index contributed by atoms with van der Waals surface area (Å²) in [5.41, 5.74) is 5.94. The van der Waals surface area contributed by atoms with Crippen LogP contribution in [-0.2, 0) is 0 Å². The normalized spacial score (nSPS) is 12.1. The highest BCUT2D eigenvalue weighted by molar-refractivity contribution is 7.99. The van der Waals surface area contributed by atoms with Gasteiger partial charge in [0.15, 0.2) is 0 Å². The zero-order valence-electron chi connectivity index (χ0n) is 12.2. The van der Waals surface area contributed by atoms with Gasteiger partial charge in [0, 0.05) is 23.7 Å². The Hall–Kier alpha value is -0.580. The van der Waals surface area contributed by atoms with Crippen molar-refractivity contribution in [1.82, 2.24) is 4.90 Å². The van der Waals surface area contributed by atoms with Crippen molar-refractivity contribution in [1.29, 1.82) is 0 Å². The monoisotopic (exact) mass is 284 g/mol. The average Bonchev–Trinajstić information content (AvgIpc) is 2.39. The van der Waals surface area contributed by atoms with E-state index in [2.05, 4.69) is 25.7 Å². The van der Waals surface area contributed by atoms with Crippen LogP contribution in [0.25, 0.3) is 0 Å². The Balaban J connectivity index is 2.35. The maximum Gasteiger partial charge on any atom is 0.123 e. The van der Waals surface area contributed by atoms with E-state index in [4.69, 9.17) is 5.73 Å². The molecule has 4 heteroatoms. The molecule has 0 aliphatic rings. The van der Waals surface area contributed by atoms with E-state index < -0.39 is 0 Å². The van der Waals surface area contributed by atoms with Gasteiger partial charge in [-0.15, -0.1) is 11.8 Å². The van der Waals surface area contributed by atoms with Crippen LogP contribution in [0.5, 0.6) is 0 Å². The lowest BCUT2D eigenvalue weighted by Gasteiger charge is -2.30. The highest BCUT2D eigenvalue weighted by Gasteiger charge is 2.18.